The zero-order valence-corrected chi connectivity index (χ0v) is 20.5. The standard InChI is InChI=1S/C36H27N/c1-4-13-28(14-5-1)30-23-25-33(26-24-30)37(34-20-12-19-32(27-34)29-15-6-2-7-16-29)36-22-11-10-21-35(36)31-17-8-3-9-18-31/h1-27H. The maximum Gasteiger partial charge on any atom is 0.0540 e. The van der Waals surface area contributed by atoms with Gasteiger partial charge in [0.2, 0.25) is 0 Å². The Balaban J connectivity index is 1.51. The Bertz CT molecular complexity index is 1590. The lowest BCUT2D eigenvalue weighted by Gasteiger charge is -2.28. The summed E-state index contributed by atoms with van der Waals surface area (Å²) in [5.41, 5.74) is 10.6. The van der Waals surface area contributed by atoms with Gasteiger partial charge < -0.3 is 4.90 Å². The summed E-state index contributed by atoms with van der Waals surface area (Å²) in [6, 6.07) is 58.0. The predicted molar refractivity (Wildman–Crippen MR) is 157 cm³/mol. The molecule has 0 fully saturated rings. The molecule has 0 unspecified atom stereocenters. The molecule has 0 aliphatic rings. The fourth-order valence-electron chi connectivity index (χ4n) is 4.85. The van der Waals surface area contributed by atoms with Crippen molar-refractivity contribution < 1.29 is 0 Å². The fourth-order valence-corrected chi connectivity index (χ4v) is 4.85. The SMILES string of the molecule is c1ccc(-c2ccc(N(c3cccc(-c4ccccc4)c3)c3ccccc3-c3ccccc3)cc2)cc1. The highest BCUT2D eigenvalue weighted by Crippen LogP contribution is 2.42. The van der Waals surface area contributed by atoms with Crippen LogP contribution in [0.3, 0.4) is 0 Å². The summed E-state index contributed by atoms with van der Waals surface area (Å²) in [5, 5.41) is 0. The highest BCUT2D eigenvalue weighted by molar-refractivity contribution is 5.89. The molecular weight excluding hydrogens is 446 g/mol. The van der Waals surface area contributed by atoms with Crippen molar-refractivity contribution >= 4 is 17.1 Å². The third kappa shape index (κ3) is 4.80. The molecule has 0 N–H and O–H groups in total. The Morgan fingerprint density at radius 3 is 1.43 bits per heavy atom. The maximum atomic E-state index is 2.36. The van der Waals surface area contributed by atoms with Crippen LogP contribution in [-0.4, -0.2) is 0 Å². The Labute approximate surface area is 218 Å². The summed E-state index contributed by atoms with van der Waals surface area (Å²) in [5.74, 6) is 0. The lowest BCUT2D eigenvalue weighted by Crippen LogP contribution is -2.11. The van der Waals surface area contributed by atoms with Gasteiger partial charge in [-0.15, -0.1) is 0 Å². The summed E-state index contributed by atoms with van der Waals surface area (Å²) >= 11 is 0. The van der Waals surface area contributed by atoms with Crippen molar-refractivity contribution in [2.45, 2.75) is 0 Å². The molecule has 0 heterocycles. The first-order chi connectivity index (χ1) is 18.4. The lowest BCUT2D eigenvalue weighted by atomic mass is 10.00. The third-order valence-corrected chi connectivity index (χ3v) is 6.67. The van der Waals surface area contributed by atoms with Crippen LogP contribution in [0.5, 0.6) is 0 Å². The van der Waals surface area contributed by atoms with Gasteiger partial charge in [-0.05, 0) is 58.1 Å². The van der Waals surface area contributed by atoms with Crippen LogP contribution in [0.4, 0.5) is 17.1 Å². The van der Waals surface area contributed by atoms with E-state index < -0.39 is 0 Å². The number of hydrogen-bond donors (Lipinski definition) is 0. The quantitative estimate of drug-likeness (QED) is 0.233. The van der Waals surface area contributed by atoms with E-state index in [9.17, 15) is 0 Å². The van der Waals surface area contributed by atoms with Crippen molar-refractivity contribution in [3.05, 3.63) is 164 Å². The molecule has 0 aliphatic carbocycles. The van der Waals surface area contributed by atoms with Crippen LogP contribution in [0, 0.1) is 0 Å². The van der Waals surface area contributed by atoms with E-state index in [0.717, 1.165) is 17.1 Å². The molecule has 0 spiro atoms. The van der Waals surface area contributed by atoms with Gasteiger partial charge >= 0.3 is 0 Å². The molecule has 6 aromatic carbocycles. The minimum Gasteiger partial charge on any atom is -0.310 e. The van der Waals surface area contributed by atoms with Gasteiger partial charge in [-0.2, -0.15) is 0 Å². The van der Waals surface area contributed by atoms with Crippen molar-refractivity contribution in [2.75, 3.05) is 4.90 Å². The van der Waals surface area contributed by atoms with E-state index in [1.165, 1.54) is 33.4 Å². The Morgan fingerprint density at radius 1 is 0.297 bits per heavy atom. The second kappa shape index (κ2) is 10.4. The first kappa shape index (κ1) is 22.6. The molecule has 0 aromatic heterocycles. The fraction of sp³-hybridized carbons (Fsp3) is 0. The molecule has 0 aliphatic heterocycles. The van der Waals surface area contributed by atoms with E-state index in [4.69, 9.17) is 0 Å². The van der Waals surface area contributed by atoms with Crippen LogP contribution in [0.15, 0.2) is 164 Å². The van der Waals surface area contributed by atoms with Crippen molar-refractivity contribution in [2.24, 2.45) is 0 Å². The van der Waals surface area contributed by atoms with E-state index in [1.807, 2.05) is 0 Å². The predicted octanol–water partition coefficient (Wildman–Crippen LogP) is 10.2. The van der Waals surface area contributed by atoms with Crippen LogP contribution in [0.1, 0.15) is 0 Å². The van der Waals surface area contributed by atoms with Gasteiger partial charge in [-0.25, -0.2) is 0 Å². The highest BCUT2D eigenvalue weighted by atomic mass is 15.1. The van der Waals surface area contributed by atoms with Crippen molar-refractivity contribution in [3.63, 3.8) is 0 Å². The zero-order chi connectivity index (χ0) is 24.9. The van der Waals surface area contributed by atoms with Crippen LogP contribution in [0.2, 0.25) is 0 Å². The normalized spacial score (nSPS) is 10.7. The molecule has 0 radical (unpaired) electrons. The largest absolute Gasteiger partial charge is 0.310 e. The summed E-state index contributed by atoms with van der Waals surface area (Å²) in [7, 11) is 0. The van der Waals surface area contributed by atoms with E-state index in [-0.39, 0.29) is 0 Å². The first-order valence-electron chi connectivity index (χ1n) is 12.6. The first-order valence-corrected chi connectivity index (χ1v) is 12.6. The molecule has 6 aromatic rings. The van der Waals surface area contributed by atoms with Crippen LogP contribution in [0.25, 0.3) is 33.4 Å². The van der Waals surface area contributed by atoms with Gasteiger partial charge in [0.05, 0.1) is 5.69 Å². The van der Waals surface area contributed by atoms with Gasteiger partial charge in [0.15, 0.2) is 0 Å². The van der Waals surface area contributed by atoms with E-state index in [2.05, 4.69) is 169 Å². The van der Waals surface area contributed by atoms with Crippen LogP contribution in [-0.2, 0) is 0 Å². The van der Waals surface area contributed by atoms with Gasteiger partial charge in [0, 0.05) is 16.9 Å². The number of hydrogen-bond acceptors (Lipinski definition) is 1. The number of rotatable bonds is 6. The lowest BCUT2D eigenvalue weighted by molar-refractivity contribution is 1.28. The number of nitrogens with zero attached hydrogens (tertiary/aromatic N) is 1. The number of anilines is 3. The maximum absolute atomic E-state index is 2.36. The average Bonchev–Trinajstić information content (AvgIpc) is 2.99. The summed E-state index contributed by atoms with van der Waals surface area (Å²) in [6.45, 7) is 0. The molecule has 1 heteroatoms. The highest BCUT2D eigenvalue weighted by Gasteiger charge is 2.17. The van der Waals surface area contributed by atoms with Gasteiger partial charge in [0.1, 0.15) is 0 Å². The van der Waals surface area contributed by atoms with Crippen LogP contribution >= 0.6 is 0 Å². The molecule has 0 saturated heterocycles. The monoisotopic (exact) mass is 473 g/mol. The number of benzene rings is 6. The Kier molecular flexibility index (Phi) is 6.34. The molecule has 176 valence electrons. The smallest absolute Gasteiger partial charge is 0.0540 e. The molecule has 37 heavy (non-hydrogen) atoms. The average molecular weight is 474 g/mol. The van der Waals surface area contributed by atoms with E-state index >= 15 is 0 Å². The Morgan fingerprint density at radius 2 is 0.784 bits per heavy atom. The molecule has 0 atom stereocenters. The minimum absolute atomic E-state index is 1.12. The number of para-hydroxylation sites is 1. The summed E-state index contributed by atoms with van der Waals surface area (Å²) < 4.78 is 0. The van der Waals surface area contributed by atoms with Crippen molar-refractivity contribution in [3.8, 4) is 33.4 Å². The zero-order valence-electron chi connectivity index (χ0n) is 20.5. The van der Waals surface area contributed by atoms with Crippen LogP contribution < -0.4 is 4.90 Å². The molecule has 0 bridgehead atoms. The van der Waals surface area contributed by atoms with E-state index in [0.29, 0.717) is 0 Å². The molecular formula is C36H27N. The van der Waals surface area contributed by atoms with Crippen molar-refractivity contribution in [1.82, 2.24) is 0 Å². The molecule has 0 amide bonds. The summed E-state index contributed by atoms with van der Waals surface area (Å²) in [4.78, 5) is 2.36. The molecule has 1 nitrogen and oxygen atoms in total. The van der Waals surface area contributed by atoms with Crippen molar-refractivity contribution in [1.29, 1.82) is 0 Å². The Hall–Kier alpha value is -4.88. The van der Waals surface area contributed by atoms with E-state index in [1.54, 1.807) is 0 Å². The molecule has 6 rings (SSSR count). The van der Waals surface area contributed by atoms with Gasteiger partial charge in [-0.3, -0.25) is 0 Å². The molecule has 0 saturated carbocycles. The van der Waals surface area contributed by atoms with Gasteiger partial charge in [-0.1, -0.05) is 133 Å². The summed E-state index contributed by atoms with van der Waals surface area (Å²) in [6.07, 6.45) is 0. The minimum atomic E-state index is 1.12. The van der Waals surface area contributed by atoms with Gasteiger partial charge in [0.25, 0.3) is 0 Å². The second-order valence-electron chi connectivity index (χ2n) is 9.05. The second-order valence-corrected chi connectivity index (χ2v) is 9.05. The third-order valence-electron chi connectivity index (χ3n) is 6.67. The topological polar surface area (TPSA) is 3.24 Å².